The molecule has 0 bridgehead atoms. The number of esters is 1. The number of aryl methyl sites for hydroxylation is 1. The molecule has 184 valence electrons. The highest BCUT2D eigenvalue weighted by molar-refractivity contribution is 7.09. The van der Waals surface area contributed by atoms with Crippen molar-refractivity contribution in [2.24, 2.45) is 11.3 Å². The topological polar surface area (TPSA) is 96.7 Å². The summed E-state index contributed by atoms with van der Waals surface area (Å²) >= 11 is 1.56. The molecule has 0 spiro atoms. The molecule has 0 radical (unpaired) electrons. The van der Waals surface area contributed by atoms with Gasteiger partial charge in [0.25, 0.3) is 0 Å². The maximum atomic E-state index is 12.8. The van der Waals surface area contributed by atoms with E-state index in [0.29, 0.717) is 6.42 Å². The number of carbonyl (C=O) groups is 2. The van der Waals surface area contributed by atoms with Gasteiger partial charge in [-0.25, -0.2) is 4.98 Å². The lowest BCUT2D eigenvalue weighted by Crippen LogP contribution is -2.41. The molecule has 0 amide bonds. The van der Waals surface area contributed by atoms with E-state index >= 15 is 0 Å². The summed E-state index contributed by atoms with van der Waals surface area (Å²) in [5, 5.41) is 24.1. The lowest BCUT2D eigenvalue weighted by atomic mass is 9.77. The van der Waals surface area contributed by atoms with Gasteiger partial charge in [-0.05, 0) is 57.6 Å². The molecule has 7 heteroatoms. The van der Waals surface area contributed by atoms with Gasteiger partial charge in [0, 0.05) is 23.6 Å². The number of aliphatic hydroxyl groups excluding tert-OH is 2. The van der Waals surface area contributed by atoms with Gasteiger partial charge in [0.1, 0.15) is 11.9 Å². The molecule has 1 aromatic heterocycles. The fourth-order valence-corrected chi connectivity index (χ4v) is 4.44. The number of rotatable bonds is 2. The minimum Gasteiger partial charge on any atom is -0.457 e. The number of nitrogens with zero attached hydrogens (tertiary/aromatic N) is 1. The SMILES string of the molecule is C/C1=C/CC(/C(C)=C/c2csc(C)n2)OC(=O)C[C@H](O)C(C)(C)C(=O)C[C@@H](O)[C@@H](C)CCC1. The van der Waals surface area contributed by atoms with E-state index in [0.717, 1.165) is 35.5 Å². The average molecular weight is 478 g/mol. The fraction of sp³-hybridized carbons (Fsp3) is 0.654. The van der Waals surface area contributed by atoms with Gasteiger partial charge in [0.2, 0.25) is 0 Å². The summed E-state index contributed by atoms with van der Waals surface area (Å²) in [7, 11) is 0. The Morgan fingerprint density at radius 2 is 1.94 bits per heavy atom. The van der Waals surface area contributed by atoms with Crippen LogP contribution in [0.1, 0.15) is 83.8 Å². The number of aromatic nitrogens is 1. The van der Waals surface area contributed by atoms with Crippen molar-refractivity contribution in [3.63, 3.8) is 0 Å². The number of hydrogen-bond acceptors (Lipinski definition) is 7. The van der Waals surface area contributed by atoms with Crippen LogP contribution in [-0.4, -0.2) is 45.3 Å². The van der Waals surface area contributed by atoms with E-state index in [-0.39, 0.29) is 24.5 Å². The van der Waals surface area contributed by atoms with Crippen LogP contribution in [-0.2, 0) is 14.3 Å². The summed E-state index contributed by atoms with van der Waals surface area (Å²) in [5.41, 5.74) is 1.74. The Morgan fingerprint density at radius 3 is 2.58 bits per heavy atom. The van der Waals surface area contributed by atoms with Gasteiger partial charge in [-0.3, -0.25) is 9.59 Å². The van der Waals surface area contributed by atoms with Crippen molar-refractivity contribution in [1.82, 2.24) is 4.98 Å². The van der Waals surface area contributed by atoms with Gasteiger partial charge in [0.05, 0.1) is 29.3 Å². The second kappa shape index (κ2) is 12.0. The van der Waals surface area contributed by atoms with Crippen molar-refractivity contribution in [3.8, 4) is 0 Å². The second-order valence-electron chi connectivity index (χ2n) is 9.95. The van der Waals surface area contributed by atoms with Crippen LogP contribution >= 0.6 is 11.3 Å². The number of cyclic esters (lactones) is 1. The summed E-state index contributed by atoms with van der Waals surface area (Å²) in [5.74, 6) is -0.827. The molecule has 0 aromatic carbocycles. The number of carbonyl (C=O) groups excluding carboxylic acids is 2. The minimum absolute atomic E-state index is 0.0212. The van der Waals surface area contributed by atoms with E-state index in [4.69, 9.17) is 4.74 Å². The molecule has 33 heavy (non-hydrogen) atoms. The Bertz CT molecular complexity index is 885. The summed E-state index contributed by atoms with van der Waals surface area (Å²) in [6.45, 7) is 11.1. The van der Waals surface area contributed by atoms with Crippen LogP contribution in [0.4, 0.5) is 0 Å². The Balaban J connectivity index is 2.29. The van der Waals surface area contributed by atoms with Gasteiger partial charge in [-0.2, -0.15) is 0 Å². The van der Waals surface area contributed by atoms with Crippen molar-refractivity contribution in [2.75, 3.05) is 0 Å². The molecular weight excluding hydrogens is 438 g/mol. The zero-order chi connectivity index (χ0) is 24.8. The van der Waals surface area contributed by atoms with Crippen LogP contribution < -0.4 is 0 Å². The van der Waals surface area contributed by atoms with Crippen LogP contribution in [0.15, 0.2) is 22.6 Å². The molecule has 0 saturated heterocycles. The van der Waals surface area contributed by atoms with Gasteiger partial charge in [0.15, 0.2) is 0 Å². The molecule has 6 nitrogen and oxygen atoms in total. The third-order valence-electron chi connectivity index (χ3n) is 6.67. The van der Waals surface area contributed by atoms with Crippen molar-refractivity contribution in [1.29, 1.82) is 0 Å². The van der Waals surface area contributed by atoms with Crippen LogP contribution in [0, 0.1) is 18.3 Å². The van der Waals surface area contributed by atoms with E-state index in [1.807, 2.05) is 32.2 Å². The van der Waals surface area contributed by atoms with E-state index in [9.17, 15) is 19.8 Å². The molecule has 1 unspecified atom stereocenters. The maximum absolute atomic E-state index is 12.8. The van der Waals surface area contributed by atoms with Crippen LogP contribution in [0.5, 0.6) is 0 Å². The van der Waals surface area contributed by atoms with E-state index in [1.54, 1.807) is 25.2 Å². The van der Waals surface area contributed by atoms with Crippen molar-refractivity contribution in [2.45, 2.75) is 98.4 Å². The zero-order valence-electron chi connectivity index (χ0n) is 20.8. The summed E-state index contributed by atoms with van der Waals surface area (Å²) in [4.78, 5) is 30.0. The fourth-order valence-electron chi connectivity index (χ4n) is 3.86. The molecule has 0 aliphatic carbocycles. The van der Waals surface area contributed by atoms with E-state index in [1.165, 1.54) is 5.57 Å². The monoisotopic (exact) mass is 477 g/mol. The number of ether oxygens (including phenoxy) is 1. The van der Waals surface area contributed by atoms with E-state index < -0.39 is 29.7 Å². The van der Waals surface area contributed by atoms with Crippen molar-refractivity contribution < 1.29 is 24.5 Å². The number of Topliss-reactive ketones (excluding diaryl/α,β-unsaturated/α-hetero) is 1. The van der Waals surface area contributed by atoms with Crippen molar-refractivity contribution >= 4 is 29.2 Å². The lowest BCUT2D eigenvalue weighted by molar-refractivity contribution is -0.153. The first kappa shape index (κ1) is 27.4. The molecule has 0 saturated carbocycles. The Hall–Kier alpha value is -1.83. The number of hydrogen-bond donors (Lipinski definition) is 2. The molecule has 2 heterocycles. The van der Waals surface area contributed by atoms with Crippen LogP contribution in [0.25, 0.3) is 6.08 Å². The maximum Gasteiger partial charge on any atom is 0.309 e. The Labute approximate surface area is 201 Å². The van der Waals surface area contributed by atoms with E-state index in [2.05, 4.69) is 18.0 Å². The summed E-state index contributed by atoms with van der Waals surface area (Å²) < 4.78 is 5.78. The van der Waals surface area contributed by atoms with Gasteiger partial charge >= 0.3 is 5.97 Å². The molecule has 1 aliphatic rings. The smallest absolute Gasteiger partial charge is 0.309 e. The number of ketones is 1. The number of allylic oxidation sites excluding steroid dienone is 1. The summed E-state index contributed by atoms with van der Waals surface area (Å²) in [6.07, 6.45) is 4.38. The molecule has 1 aromatic rings. The highest BCUT2D eigenvalue weighted by Crippen LogP contribution is 2.30. The molecule has 0 fully saturated rings. The molecule has 2 rings (SSSR count). The molecule has 1 aliphatic heterocycles. The normalized spacial score (nSPS) is 30.4. The predicted octanol–water partition coefficient (Wildman–Crippen LogP) is 5.02. The Kier molecular flexibility index (Phi) is 10.0. The molecule has 2 N–H and O–H groups in total. The van der Waals surface area contributed by atoms with Crippen molar-refractivity contribution in [3.05, 3.63) is 33.3 Å². The van der Waals surface area contributed by atoms with Crippen LogP contribution in [0.3, 0.4) is 0 Å². The number of thiazole rings is 1. The second-order valence-corrected chi connectivity index (χ2v) is 11.0. The minimum atomic E-state index is -1.20. The largest absolute Gasteiger partial charge is 0.457 e. The third-order valence-corrected chi connectivity index (χ3v) is 7.46. The number of aliphatic hydroxyl groups is 2. The first-order valence-electron chi connectivity index (χ1n) is 11.7. The quantitative estimate of drug-likeness (QED) is 0.459. The van der Waals surface area contributed by atoms with Crippen LogP contribution in [0.2, 0.25) is 0 Å². The molecular formula is C26H39NO5S. The van der Waals surface area contributed by atoms with Gasteiger partial charge in [-0.15, -0.1) is 11.3 Å². The predicted molar refractivity (Wildman–Crippen MR) is 132 cm³/mol. The average Bonchev–Trinajstić information content (AvgIpc) is 3.14. The first-order valence-corrected chi connectivity index (χ1v) is 12.6. The third kappa shape index (κ3) is 8.16. The molecule has 4 atom stereocenters. The van der Waals surface area contributed by atoms with Gasteiger partial charge < -0.3 is 14.9 Å². The standard InChI is InChI=1S/C26H39NO5S/c1-16-8-7-9-17(2)21(28)13-23(29)26(5,6)24(30)14-25(31)32-22(11-10-16)18(3)12-20-15-33-19(4)27-20/h10,12,15,17,21-22,24,28,30H,7-9,11,13-14H2,1-6H3/b16-10-,18-12+/t17-,21+,22?,24-/m0/s1. The first-order chi connectivity index (χ1) is 15.4. The summed E-state index contributed by atoms with van der Waals surface area (Å²) in [6, 6.07) is 0. The van der Waals surface area contributed by atoms with Gasteiger partial charge in [-0.1, -0.05) is 32.4 Å². The zero-order valence-corrected chi connectivity index (χ0v) is 21.6. The highest BCUT2D eigenvalue weighted by atomic mass is 32.1. The lowest BCUT2D eigenvalue weighted by Gasteiger charge is -2.31. The highest BCUT2D eigenvalue weighted by Gasteiger charge is 2.38. The Morgan fingerprint density at radius 1 is 1.24 bits per heavy atom.